The van der Waals surface area contributed by atoms with Crippen molar-refractivity contribution in [2.75, 3.05) is 17.5 Å². The molecule has 4 aromatic rings. The number of hydrogen-bond donors (Lipinski definition) is 1. The molecule has 4 aromatic carbocycles. The molecule has 0 aromatic heterocycles. The molecule has 0 spiro atoms. The van der Waals surface area contributed by atoms with Crippen LogP contribution in [-0.2, 0) is 32.6 Å². The van der Waals surface area contributed by atoms with E-state index in [1.54, 1.807) is 18.2 Å². The minimum atomic E-state index is -4.37. The van der Waals surface area contributed by atoms with Crippen molar-refractivity contribution in [3.63, 3.8) is 0 Å². The van der Waals surface area contributed by atoms with Crippen LogP contribution in [0.3, 0.4) is 0 Å². The van der Waals surface area contributed by atoms with Gasteiger partial charge in [-0.1, -0.05) is 72.4 Å². The fourth-order valence-corrected chi connectivity index (χ4v) is 7.78. The van der Waals surface area contributed by atoms with Gasteiger partial charge in [0, 0.05) is 29.1 Å². The molecule has 1 fully saturated rings. The Morgan fingerprint density at radius 1 is 0.939 bits per heavy atom. The number of benzene rings is 4. The molecular formula is C37H38Cl2FN3O5S. The van der Waals surface area contributed by atoms with Gasteiger partial charge in [0.2, 0.25) is 11.8 Å². The van der Waals surface area contributed by atoms with Gasteiger partial charge in [0.05, 0.1) is 17.2 Å². The van der Waals surface area contributed by atoms with Gasteiger partial charge in [-0.25, -0.2) is 12.8 Å². The zero-order chi connectivity index (χ0) is 35.0. The smallest absolute Gasteiger partial charge is 0.264 e. The highest BCUT2D eigenvalue weighted by atomic mass is 35.5. The summed E-state index contributed by atoms with van der Waals surface area (Å²) in [6, 6.07) is 23.8. The number of nitrogens with zero attached hydrogens (tertiary/aromatic N) is 2. The van der Waals surface area contributed by atoms with E-state index in [0.29, 0.717) is 22.9 Å². The molecule has 1 saturated carbocycles. The van der Waals surface area contributed by atoms with Crippen molar-refractivity contribution in [2.24, 2.45) is 0 Å². The zero-order valence-electron chi connectivity index (χ0n) is 27.0. The maximum Gasteiger partial charge on any atom is 0.264 e. The standard InChI is InChI=1S/C37H38Cl2FN3O5S/c1-2-48-32-18-20-33(21-19-32)49(46,47)43(31-16-14-29(40)15-17-31)25-36(44)42(24-27-12-13-28(38)23-34(27)39)35(22-26-8-4-3-5-9-26)37(45)41-30-10-6-7-11-30/h3-5,8-9,12-21,23,30,35H,2,6-7,10-11,22,24-25H2,1H3,(H,41,45)/t35-/m0/s1. The molecule has 0 aliphatic heterocycles. The lowest BCUT2D eigenvalue weighted by Gasteiger charge is -2.34. The number of sulfonamides is 1. The third kappa shape index (κ3) is 9.32. The molecule has 12 heteroatoms. The Labute approximate surface area is 296 Å². The predicted molar refractivity (Wildman–Crippen MR) is 190 cm³/mol. The molecule has 2 amide bonds. The van der Waals surface area contributed by atoms with Crippen LogP contribution in [0.4, 0.5) is 10.1 Å². The van der Waals surface area contributed by atoms with Crippen LogP contribution in [0.2, 0.25) is 10.0 Å². The first kappa shape index (κ1) is 36.2. The second kappa shape index (κ2) is 16.5. The first-order valence-corrected chi connectivity index (χ1v) is 18.3. The summed E-state index contributed by atoms with van der Waals surface area (Å²) in [7, 11) is -4.37. The molecular weight excluding hydrogens is 688 g/mol. The van der Waals surface area contributed by atoms with Gasteiger partial charge in [0.1, 0.15) is 24.2 Å². The van der Waals surface area contributed by atoms with Crippen molar-refractivity contribution in [3.05, 3.63) is 124 Å². The Balaban J connectivity index is 1.57. The van der Waals surface area contributed by atoms with Crippen molar-refractivity contribution in [1.82, 2.24) is 10.2 Å². The first-order chi connectivity index (χ1) is 23.5. The maximum atomic E-state index is 14.6. The maximum absolute atomic E-state index is 14.6. The van der Waals surface area contributed by atoms with E-state index in [1.165, 1.54) is 41.3 Å². The van der Waals surface area contributed by atoms with E-state index < -0.39 is 34.3 Å². The largest absolute Gasteiger partial charge is 0.494 e. The van der Waals surface area contributed by atoms with Gasteiger partial charge in [0.25, 0.3) is 10.0 Å². The van der Waals surface area contributed by atoms with Crippen molar-refractivity contribution in [3.8, 4) is 5.75 Å². The van der Waals surface area contributed by atoms with Crippen molar-refractivity contribution in [1.29, 1.82) is 0 Å². The van der Waals surface area contributed by atoms with Crippen LogP contribution in [0.25, 0.3) is 0 Å². The lowest BCUT2D eigenvalue weighted by molar-refractivity contribution is -0.140. The molecule has 49 heavy (non-hydrogen) atoms. The third-order valence-electron chi connectivity index (χ3n) is 8.44. The summed E-state index contributed by atoms with van der Waals surface area (Å²) in [4.78, 5) is 30.0. The molecule has 258 valence electrons. The van der Waals surface area contributed by atoms with E-state index >= 15 is 0 Å². The van der Waals surface area contributed by atoms with E-state index in [0.717, 1.165) is 47.7 Å². The molecule has 1 N–H and O–H groups in total. The molecule has 1 aliphatic rings. The zero-order valence-corrected chi connectivity index (χ0v) is 29.4. The van der Waals surface area contributed by atoms with E-state index in [2.05, 4.69) is 5.32 Å². The van der Waals surface area contributed by atoms with Gasteiger partial charge < -0.3 is 15.0 Å². The molecule has 1 aliphatic carbocycles. The Morgan fingerprint density at radius 2 is 1.61 bits per heavy atom. The third-order valence-corrected chi connectivity index (χ3v) is 10.8. The van der Waals surface area contributed by atoms with Crippen molar-refractivity contribution >= 4 is 50.7 Å². The topological polar surface area (TPSA) is 96.0 Å². The van der Waals surface area contributed by atoms with Gasteiger partial charge in [-0.15, -0.1) is 0 Å². The lowest BCUT2D eigenvalue weighted by Crippen LogP contribution is -2.54. The van der Waals surface area contributed by atoms with E-state index in [9.17, 15) is 22.4 Å². The van der Waals surface area contributed by atoms with E-state index in [1.807, 2.05) is 37.3 Å². The minimum absolute atomic E-state index is 0.0300. The summed E-state index contributed by atoms with van der Waals surface area (Å²) in [5, 5.41) is 3.82. The monoisotopic (exact) mass is 725 g/mol. The fourth-order valence-electron chi connectivity index (χ4n) is 5.89. The summed E-state index contributed by atoms with van der Waals surface area (Å²) in [5.41, 5.74) is 1.41. The van der Waals surface area contributed by atoms with Crippen molar-refractivity contribution in [2.45, 2.75) is 62.6 Å². The molecule has 0 unspecified atom stereocenters. The summed E-state index contributed by atoms with van der Waals surface area (Å²) in [5.74, 6) is -1.10. The van der Waals surface area contributed by atoms with Crippen LogP contribution in [-0.4, -0.2) is 50.4 Å². The van der Waals surface area contributed by atoms with Crippen LogP contribution in [0.15, 0.2) is 102 Å². The Hall–Kier alpha value is -4.12. The summed E-state index contributed by atoms with van der Waals surface area (Å²) < 4.78 is 48.9. The number of ether oxygens (including phenoxy) is 1. The molecule has 1 atom stereocenters. The highest BCUT2D eigenvalue weighted by molar-refractivity contribution is 7.92. The SMILES string of the molecule is CCOc1ccc(S(=O)(=O)N(CC(=O)N(Cc2ccc(Cl)cc2Cl)[C@@H](Cc2ccccc2)C(=O)NC2CCCC2)c2ccc(F)cc2)cc1. The van der Waals surface area contributed by atoms with Gasteiger partial charge in [-0.3, -0.25) is 13.9 Å². The first-order valence-electron chi connectivity index (χ1n) is 16.1. The van der Waals surface area contributed by atoms with Crippen molar-refractivity contribution < 1.29 is 27.1 Å². The van der Waals surface area contributed by atoms with Gasteiger partial charge in [0.15, 0.2) is 0 Å². The quantitative estimate of drug-likeness (QED) is 0.146. The number of carbonyl (C=O) groups is 2. The van der Waals surface area contributed by atoms with Gasteiger partial charge in [-0.05, 0) is 91.6 Å². The molecule has 0 bridgehead atoms. The normalized spacial score (nSPS) is 13.9. The second-order valence-corrected chi connectivity index (χ2v) is 14.6. The number of rotatable bonds is 14. The van der Waals surface area contributed by atoms with Crippen LogP contribution in [0.1, 0.15) is 43.7 Å². The van der Waals surface area contributed by atoms with Gasteiger partial charge in [-0.2, -0.15) is 0 Å². The molecule has 5 rings (SSSR count). The lowest BCUT2D eigenvalue weighted by atomic mass is 10.0. The molecule has 0 saturated heterocycles. The number of carbonyl (C=O) groups excluding carboxylic acids is 2. The average Bonchev–Trinajstić information content (AvgIpc) is 3.60. The second-order valence-electron chi connectivity index (χ2n) is 11.8. The van der Waals surface area contributed by atoms with E-state index in [-0.39, 0.29) is 40.5 Å². The number of anilines is 1. The number of amides is 2. The Kier molecular flexibility index (Phi) is 12.2. The highest BCUT2D eigenvalue weighted by Gasteiger charge is 2.36. The van der Waals surface area contributed by atoms with Crippen LogP contribution >= 0.6 is 23.2 Å². The summed E-state index contributed by atoms with van der Waals surface area (Å²) >= 11 is 12.8. The summed E-state index contributed by atoms with van der Waals surface area (Å²) in [6.07, 6.45) is 3.82. The Bertz CT molecular complexity index is 1840. The number of nitrogens with one attached hydrogen (secondary N) is 1. The summed E-state index contributed by atoms with van der Waals surface area (Å²) in [6.45, 7) is 1.42. The predicted octanol–water partition coefficient (Wildman–Crippen LogP) is 7.43. The van der Waals surface area contributed by atoms with Crippen LogP contribution in [0, 0.1) is 5.82 Å². The van der Waals surface area contributed by atoms with Gasteiger partial charge >= 0.3 is 0 Å². The van der Waals surface area contributed by atoms with E-state index in [4.69, 9.17) is 27.9 Å². The van der Waals surface area contributed by atoms with Crippen LogP contribution in [0.5, 0.6) is 5.75 Å². The van der Waals surface area contributed by atoms with Crippen LogP contribution < -0.4 is 14.4 Å². The Morgan fingerprint density at radius 3 is 2.24 bits per heavy atom. The molecule has 0 radical (unpaired) electrons. The molecule has 0 heterocycles. The number of hydrogen-bond acceptors (Lipinski definition) is 5. The number of halogens is 3. The average molecular weight is 727 g/mol. The molecule has 8 nitrogen and oxygen atoms in total. The highest BCUT2D eigenvalue weighted by Crippen LogP contribution is 2.28. The fraction of sp³-hybridized carbons (Fsp3) is 0.297. The minimum Gasteiger partial charge on any atom is -0.494 e.